The van der Waals surface area contributed by atoms with E-state index >= 15 is 0 Å². The van der Waals surface area contributed by atoms with E-state index < -0.39 is 0 Å². The van der Waals surface area contributed by atoms with Crippen LogP contribution in [-0.4, -0.2) is 30.5 Å². The lowest BCUT2D eigenvalue weighted by atomic mass is 9.97. The van der Waals surface area contributed by atoms with Crippen LogP contribution in [0.1, 0.15) is 25.3 Å². The lowest BCUT2D eigenvalue weighted by molar-refractivity contribution is -0.126. The van der Waals surface area contributed by atoms with Gasteiger partial charge in [-0.25, -0.2) is 5.84 Å². The number of nitrogens with zero attached hydrogens (tertiary/aromatic N) is 1. The Labute approximate surface area is 120 Å². The topological polar surface area (TPSA) is 67.6 Å². The standard InChI is InChI=1S/C15H23N3O2/c1-2-20-14-7-5-12(6-8-14)10-18-9-3-4-13(11-18)15(19)17-16/h5-8,13H,2-4,9-11,16H2,1H3,(H,17,19). The van der Waals surface area contributed by atoms with E-state index in [2.05, 4.69) is 22.5 Å². The summed E-state index contributed by atoms with van der Waals surface area (Å²) in [5.74, 6) is 6.07. The van der Waals surface area contributed by atoms with Crippen molar-refractivity contribution >= 4 is 5.91 Å². The van der Waals surface area contributed by atoms with E-state index in [0.29, 0.717) is 6.61 Å². The second-order valence-electron chi connectivity index (χ2n) is 5.16. The quantitative estimate of drug-likeness (QED) is 0.483. The molecule has 1 fully saturated rings. The van der Waals surface area contributed by atoms with Crippen LogP contribution < -0.4 is 16.0 Å². The van der Waals surface area contributed by atoms with Crippen LogP contribution in [0.5, 0.6) is 5.75 Å². The zero-order valence-electron chi connectivity index (χ0n) is 12.0. The molecule has 110 valence electrons. The predicted molar refractivity (Wildman–Crippen MR) is 77.9 cm³/mol. The minimum absolute atomic E-state index is 0.0106. The molecule has 1 heterocycles. The third-order valence-electron chi connectivity index (χ3n) is 3.66. The van der Waals surface area contributed by atoms with Crippen LogP contribution in [0.3, 0.4) is 0 Å². The van der Waals surface area contributed by atoms with Gasteiger partial charge in [-0.15, -0.1) is 0 Å². The van der Waals surface area contributed by atoms with Crippen molar-refractivity contribution in [3.63, 3.8) is 0 Å². The highest BCUT2D eigenvalue weighted by Gasteiger charge is 2.25. The normalized spacial score (nSPS) is 19.6. The maximum absolute atomic E-state index is 11.6. The number of nitrogens with two attached hydrogens (primary N) is 1. The number of rotatable bonds is 5. The summed E-state index contributed by atoms with van der Waals surface area (Å²) in [5.41, 5.74) is 3.50. The fourth-order valence-corrected chi connectivity index (χ4v) is 2.65. The van der Waals surface area contributed by atoms with Gasteiger partial charge in [-0.05, 0) is 44.0 Å². The molecule has 0 aliphatic carbocycles. The number of benzene rings is 1. The van der Waals surface area contributed by atoms with E-state index in [0.717, 1.165) is 38.2 Å². The van der Waals surface area contributed by atoms with Crippen LogP contribution in [0.4, 0.5) is 0 Å². The molecule has 1 aromatic carbocycles. The summed E-state index contributed by atoms with van der Waals surface area (Å²) in [6, 6.07) is 8.15. The molecule has 20 heavy (non-hydrogen) atoms. The van der Waals surface area contributed by atoms with Gasteiger partial charge < -0.3 is 4.74 Å². The predicted octanol–water partition coefficient (Wildman–Crippen LogP) is 1.29. The van der Waals surface area contributed by atoms with Gasteiger partial charge in [-0.3, -0.25) is 15.1 Å². The Hall–Kier alpha value is -1.59. The number of amides is 1. The summed E-state index contributed by atoms with van der Waals surface area (Å²) >= 11 is 0. The second kappa shape index (κ2) is 7.26. The minimum atomic E-state index is -0.0543. The van der Waals surface area contributed by atoms with Crippen molar-refractivity contribution < 1.29 is 9.53 Å². The van der Waals surface area contributed by atoms with Crippen LogP contribution in [0, 0.1) is 5.92 Å². The van der Waals surface area contributed by atoms with Crippen molar-refractivity contribution in [3.8, 4) is 5.75 Å². The number of ether oxygens (including phenoxy) is 1. The molecule has 0 spiro atoms. The molecule has 1 aromatic rings. The summed E-state index contributed by atoms with van der Waals surface area (Å²) in [6.07, 6.45) is 1.96. The molecule has 1 aliphatic heterocycles. The molecule has 0 aromatic heterocycles. The van der Waals surface area contributed by atoms with Gasteiger partial charge >= 0.3 is 0 Å². The molecule has 5 nitrogen and oxygen atoms in total. The molecule has 0 saturated carbocycles. The van der Waals surface area contributed by atoms with Gasteiger partial charge in [0.05, 0.1) is 12.5 Å². The summed E-state index contributed by atoms with van der Waals surface area (Å²) in [5, 5.41) is 0. The van der Waals surface area contributed by atoms with Crippen molar-refractivity contribution in [2.24, 2.45) is 11.8 Å². The molecule has 5 heteroatoms. The van der Waals surface area contributed by atoms with Gasteiger partial charge in [-0.2, -0.15) is 0 Å². The summed E-state index contributed by atoms with van der Waals surface area (Å²) in [4.78, 5) is 13.9. The van der Waals surface area contributed by atoms with E-state index in [1.165, 1.54) is 5.56 Å². The fraction of sp³-hybridized carbons (Fsp3) is 0.533. The minimum Gasteiger partial charge on any atom is -0.494 e. The Balaban J connectivity index is 1.90. The van der Waals surface area contributed by atoms with Crippen molar-refractivity contribution in [1.29, 1.82) is 0 Å². The van der Waals surface area contributed by atoms with Crippen LogP contribution in [0.2, 0.25) is 0 Å². The highest BCUT2D eigenvalue weighted by atomic mass is 16.5. The van der Waals surface area contributed by atoms with Gasteiger partial charge in [0.1, 0.15) is 5.75 Å². The van der Waals surface area contributed by atoms with Crippen LogP contribution in [0.15, 0.2) is 24.3 Å². The second-order valence-corrected chi connectivity index (χ2v) is 5.16. The Bertz CT molecular complexity index is 433. The highest BCUT2D eigenvalue weighted by Crippen LogP contribution is 2.20. The number of hydrogen-bond acceptors (Lipinski definition) is 4. The first-order chi connectivity index (χ1) is 9.72. The van der Waals surface area contributed by atoms with Crippen molar-refractivity contribution in [2.75, 3.05) is 19.7 Å². The Morgan fingerprint density at radius 1 is 1.45 bits per heavy atom. The van der Waals surface area contributed by atoms with E-state index in [4.69, 9.17) is 10.6 Å². The van der Waals surface area contributed by atoms with Crippen LogP contribution in [0.25, 0.3) is 0 Å². The molecule has 1 saturated heterocycles. The van der Waals surface area contributed by atoms with Gasteiger partial charge in [0.15, 0.2) is 0 Å². The van der Waals surface area contributed by atoms with Crippen molar-refractivity contribution in [2.45, 2.75) is 26.3 Å². The zero-order valence-corrected chi connectivity index (χ0v) is 12.0. The molecular formula is C15H23N3O2. The lowest BCUT2D eigenvalue weighted by Gasteiger charge is -2.31. The summed E-state index contributed by atoms with van der Waals surface area (Å²) in [6.45, 7) is 5.32. The SMILES string of the molecule is CCOc1ccc(CN2CCCC(C(=O)NN)C2)cc1. The maximum Gasteiger partial charge on any atom is 0.238 e. The molecule has 0 radical (unpaired) electrons. The summed E-state index contributed by atoms with van der Waals surface area (Å²) < 4.78 is 5.43. The van der Waals surface area contributed by atoms with Crippen molar-refractivity contribution in [1.82, 2.24) is 10.3 Å². The summed E-state index contributed by atoms with van der Waals surface area (Å²) in [7, 11) is 0. The third kappa shape index (κ3) is 3.95. The molecule has 0 bridgehead atoms. The molecular weight excluding hydrogens is 254 g/mol. The van der Waals surface area contributed by atoms with Gasteiger partial charge in [-0.1, -0.05) is 12.1 Å². The molecule has 1 aliphatic rings. The number of carbonyl (C=O) groups excluding carboxylic acids is 1. The lowest BCUT2D eigenvalue weighted by Crippen LogP contribution is -2.44. The van der Waals surface area contributed by atoms with Gasteiger partial charge in [0.25, 0.3) is 0 Å². The van der Waals surface area contributed by atoms with E-state index in [1.807, 2.05) is 19.1 Å². The molecule has 1 amide bonds. The van der Waals surface area contributed by atoms with E-state index in [-0.39, 0.29) is 11.8 Å². The number of hydrazine groups is 1. The van der Waals surface area contributed by atoms with Crippen LogP contribution >= 0.6 is 0 Å². The number of piperidine rings is 1. The van der Waals surface area contributed by atoms with Crippen LogP contribution in [-0.2, 0) is 11.3 Å². The largest absolute Gasteiger partial charge is 0.494 e. The third-order valence-corrected chi connectivity index (χ3v) is 3.66. The molecule has 3 N–H and O–H groups in total. The number of likely N-dealkylation sites (tertiary alicyclic amines) is 1. The van der Waals surface area contributed by atoms with Crippen molar-refractivity contribution in [3.05, 3.63) is 29.8 Å². The Morgan fingerprint density at radius 2 is 2.20 bits per heavy atom. The average Bonchev–Trinajstić information content (AvgIpc) is 2.49. The molecule has 1 unspecified atom stereocenters. The monoisotopic (exact) mass is 277 g/mol. The van der Waals surface area contributed by atoms with Gasteiger partial charge in [0, 0.05) is 13.1 Å². The first kappa shape index (κ1) is 14.8. The fourth-order valence-electron chi connectivity index (χ4n) is 2.65. The smallest absolute Gasteiger partial charge is 0.238 e. The maximum atomic E-state index is 11.6. The highest BCUT2D eigenvalue weighted by molar-refractivity contribution is 5.78. The molecule has 2 rings (SSSR count). The first-order valence-electron chi connectivity index (χ1n) is 7.17. The van der Waals surface area contributed by atoms with E-state index in [1.54, 1.807) is 0 Å². The molecule has 1 atom stereocenters. The first-order valence-corrected chi connectivity index (χ1v) is 7.17. The van der Waals surface area contributed by atoms with E-state index in [9.17, 15) is 4.79 Å². The Morgan fingerprint density at radius 3 is 2.85 bits per heavy atom. The number of nitrogens with one attached hydrogen (secondary N) is 1. The zero-order chi connectivity index (χ0) is 14.4. The average molecular weight is 277 g/mol. The van der Waals surface area contributed by atoms with Gasteiger partial charge in [0.2, 0.25) is 5.91 Å². The number of carbonyl (C=O) groups is 1. The number of hydrogen-bond donors (Lipinski definition) is 2. The Kier molecular flexibility index (Phi) is 5.38.